The van der Waals surface area contributed by atoms with E-state index in [0.29, 0.717) is 12.4 Å². The van der Waals surface area contributed by atoms with Crippen LogP contribution in [0.2, 0.25) is 0 Å². The molecule has 19 heavy (non-hydrogen) atoms. The molecule has 7 nitrogen and oxygen atoms in total. The van der Waals surface area contributed by atoms with Crippen molar-refractivity contribution in [1.29, 1.82) is 0 Å². The summed E-state index contributed by atoms with van der Waals surface area (Å²) in [4.78, 5) is 21.6. The summed E-state index contributed by atoms with van der Waals surface area (Å²) < 4.78 is 10.2. The lowest BCUT2D eigenvalue weighted by molar-refractivity contribution is -0.0117. The van der Waals surface area contributed by atoms with Crippen LogP contribution < -0.4 is 5.32 Å². The van der Waals surface area contributed by atoms with Gasteiger partial charge >= 0.3 is 5.97 Å². The van der Waals surface area contributed by atoms with Gasteiger partial charge in [-0.05, 0) is 7.05 Å². The van der Waals surface area contributed by atoms with Crippen LogP contribution >= 0.6 is 0 Å². The molecule has 1 aliphatic rings. The van der Waals surface area contributed by atoms with Gasteiger partial charge in [-0.3, -0.25) is 4.98 Å². The molecule has 1 N–H and O–H groups in total. The largest absolute Gasteiger partial charge is 0.464 e. The molecule has 0 bridgehead atoms. The zero-order valence-electron chi connectivity index (χ0n) is 11.1. The lowest BCUT2D eigenvalue weighted by atomic mass is 10.3. The molecular weight excluding hydrogens is 248 g/mol. The fourth-order valence-electron chi connectivity index (χ4n) is 1.86. The van der Waals surface area contributed by atoms with E-state index in [-0.39, 0.29) is 11.8 Å². The number of nitrogens with zero attached hydrogens (tertiary/aromatic N) is 3. The van der Waals surface area contributed by atoms with Crippen LogP contribution in [-0.2, 0) is 9.47 Å². The summed E-state index contributed by atoms with van der Waals surface area (Å²) in [6, 6.07) is 0. The predicted octanol–water partition coefficient (Wildman–Crippen LogP) is 0.00570. The highest BCUT2D eigenvalue weighted by Crippen LogP contribution is 2.07. The average Bonchev–Trinajstić information content (AvgIpc) is 2.45. The van der Waals surface area contributed by atoms with Crippen LogP contribution in [0, 0.1) is 0 Å². The molecule has 1 atom stereocenters. The first-order valence-corrected chi connectivity index (χ1v) is 6.13. The molecule has 104 valence electrons. The van der Waals surface area contributed by atoms with Crippen molar-refractivity contribution < 1.29 is 14.3 Å². The number of esters is 1. The lowest BCUT2D eigenvalue weighted by Crippen LogP contribution is -2.43. The van der Waals surface area contributed by atoms with Crippen LogP contribution in [0.4, 0.5) is 5.82 Å². The molecule has 0 radical (unpaired) electrons. The van der Waals surface area contributed by atoms with Gasteiger partial charge in [0.05, 0.1) is 32.2 Å². The topological polar surface area (TPSA) is 76.6 Å². The van der Waals surface area contributed by atoms with E-state index in [1.54, 1.807) is 6.20 Å². The Balaban J connectivity index is 1.90. The van der Waals surface area contributed by atoms with Crippen LogP contribution in [0.25, 0.3) is 0 Å². The van der Waals surface area contributed by atoms with Crippen molar-refractivity contribution >= 4 is 11.8 Å². The number of carbonyl (C=O) groups excluding carboxylic acids is 1. The van der Waals surface area contributed by atoms with Gasteiger partial charge in [0, 0.05) is 19.6 Å². The molecule has 1 fully saturated rings. The molecule has 0 aromatic carbocycles. The summed E-state index contributed by atoms with van der Waals surface area (Å²) in [6.07, 6.45) is 3.06. The van der Waals surface area contributed by atoms with E-state index in [4.69, 9.17) is 4.74 Å². The maximum absolute atomic E-state index is 11.3. The Morgan fingerprint density at radius 3 is 3.21 bits per heavy atom. The molecule has 0 saturated carbocycles. The van der Waals surface area contributed by atoms with Crippen molar-refractivity contribution in [1.82, 2.24) is 14.9 Å². The third-order valence-electron chi connectivity index (χ3n) is 2.88. The van der Waals surface area contributed by atoms with E-state index in [0.717, 1.165) is 19.7 Å². The van der Waals surface area contributed by atoms with Gasteiger partial charge in [-0.1, -0.05) is 0 Å². The third kappa shape index (κ3) is 3.87. The molecule has 0 amide bonds. The van der Waals surface area contributed by atoms with Gasteiger partial charge in [0.2, 0.25) is 0 Å². The van der Waals surface area contributed by atoms with Crippen molar-refractivity contribution in [2.24, 2.45) is 0 Å². The minimum Gasteiger partial charge on any atom is -0.464 e. The van der Waals surface area contributed by atoms with E-state index in [1.807, 2.05) is 0 Å². The number of anilines is 1. The van der Waals surface area contributed by atoms with Crippen LogP contribution in [0.1, 0.15) is 10.5 Å². The van der Waals surface area contributed by atoms with E-state index in [2.05, 4.69) is 32.0 Å². The maximum atomic E-state index is 11.3. The Kier molecular flexibility index (Phi) is 4.64. The normalized spacial score (nSPS) is 20.0. The minimum absolute atomic E-state index is 0.113. The second-order valence-electron chi connectivity index (χ2n) is 4.42. The van der Waals surface area contributed by atoms with Gasteiger partial charge < -0.3 is 19.7 Å². The minimum atomic E-state index is -0.496. The molecule has 1 aromatic rings. The first-order valence-electron chi connectivity index (χ1n) is 6.13. The molecule has 1 unspecified atom stereocenters. The molecule has 2 rings (SSSR count). The quantitative estimate of drug-likeness (QED) is 0.769. The van der Waals surface area contributed by atoms with Crippen LogP contribution in [0.3, 0.4) is 0 Å². The van der Waals surface area contributed by atoms with Crippen molar-refractivity contribution in [3.8, 4) is 0 Å². The Morgan fingerprint density at radius 1 is 1.63 bits per heavy atom. The van der Waals surface area contributed by atoms with Gasteiger partial charge in [-0.15, -0.1) is 0 Å². The SMILES string of the molecule is COC(=O)c1cncc(NCC2CN(C)CCO2)n1. The fourth-order valence-corrected chi connectivity index (χ4v) is 1.86. The van der Waals surface area contributed by atoms with E-state index in [1.165, 1.54) is 13.3 Å². The highest BCUT2D eigenvalue weighted by Gasteiger charge is 2.17. The second-order valence-corrected chi connectivity index (χ2v) is 4.42. The summed E-state index contributed by atoms with van der Waals surface area (Å²) in [5, 5.41) is 3.12. The average molecular weight is 266 g/mol. The second kappa shape index (κ2) is 6.44. The van der Waals surface area contributed by atoms with Crippen molar-refractivity contribution in [2.45, 2.75) is 6.10 Å². The number of carbonyl (C=O) groups is 1. The van der Waals surface area contributed by atoms with Gasteiger partial charge in [-0.2, -0.15) is 0 Å². The fraction of sp³-hybridized carbons (Fsp3) is 0.583. The Morgan fingerprint density at radius 2 is 2.47 bits per heavy atom. The summed E-state index contributed by atoms with van der Waals surface area (Å²) in [5.74, 6) is 0.0459. The highest BCUT2D eigenvalue weighted by atomic mass is 16.5. The summed E-state index contributed by atoms with van der Waals surface area (Å²) in [5.41, 5.74) is 0.189. The summed E-state index contributed by atoms with van der Waals surface area (Å²) in [6.45, 7) is 3.19. The number of hydrogen-bond donors (Lipinski definition) is 1. The number of aromatic nitrogens is 2. The van der Waals surface area contributed by atoms with Crippen molar-refractivity contribution in [3.05, 3.63) is 18.1 Å². The van der Waals surface area contributed by atoms with E-state index < -0.39 is 5.97 Å². The molecule has 1 aromatic heterocycles. The van der Waals surface area contributed by atoms with Crippen LogP contribution in [0.5, 0.6) is 0 Å². The van der Waals surface area contributed by atoms with Gasteiger partial charge in [0.15, 0.2) is 5.69 Å². The summed E-state index contributed by atoms with van der Waals surface area (Å²) >= 11 is 0. The third-order valence-corrected chi connectivity index (χ3v) is 2.88. The van der Waals surface area contributed by atoms with Gasteiger partial charge in [-0.25, -0.2) is 9.78 Å². The Labute approximate surface area is 111 Å². The smallest absolute Gasteiger partial charge is 0.358 e. The molecule has 7 heteroatoms. The molecular formula is C12H18N4O3. The first kappa shape index (κ1) is 13.7. The molecule has 0 spiro atoms. The number of likely N-dealkylation sites (N-methyl/N-ethyl adjacent to an activating group) is 1. The lowest BCUT2D eigenvalue weighted by Gasteiger charge is -2.30. The number of rotatable bonds is 4. The first-order chi connectivity index (χ1) is 9.19. The van der Waals surface area contributed by atoms with Gasteiger partial charge in [0.25, 0.3) is 0 Å². The molecule has 1 saturated heterocycles. The predicted molar refractivity (Wildman–Crippen MR) is 69.1 cm³/mol. The number of ether oxygens (including phenoxy) is 2. The van der Waals surface area contributed by atoms with E-state index >= 15 is 0 Å². The van der Waals surface area contributed by atoms with Crippen LogP contribution in [0.15, 0.2) is 12.4 Å². The Hall–Kier alpha value is -1.73. The monoisotopic (exact) mass is 266 g/mol. The zero-order valence-corrected chi connectivity index (χ0v) is 11.1. The maximum Gasteiger partial charge on any atom is 0.358 e. The number of morpholine rings is 1. The molecule has 1 aliphatic heterocycles. The van der Waals surface area contributed by atoms with Crippen molar-refractivity contribution in [2.75, 3.05) is 45.7 Å². The van der Waals surface area contributed by atoms with Crippen LogP contribution in [-0.4, -0.2) is 67.3 Å². The summed E-state index contributed by atoms with van der Waals surface area (Å²) in [7, 11) is 3.38. The standard InChI is InChI=1S/C12H18N4O3/c1-16-3-4-19-9(8-16)5-14-11-7-13-6-10(15-11)12(17)18-2/h6-7,9H,3-5,8H2,1-2H3,(H,14,15). The zero-order chi connectivity index (χ0) is 13.7. The number of hydrogen-bond acceptors (Lipinski definition) is 7. The molecule has 0 aliphatic carbocycles. The highest BCUT2D eigenvalue weighted by molar-refractivity contribution is 5.87. The number of nitrogens with one attached hydrogen (secondary N) is 1. The molecule has 2 heterocycles. The van der Waals surface area contributed by atoms with Gasteiger partial charge in [0.1, 0.15) is 5.82 Å². The Bertz CT molecular complexity index is 441. The van der Waals surface area contributed by atoms with Crippen molar-refractivity contribution in [3.63, 3.8) is 0 Å². The number of methoxy groups -OCH3 is 1. The van der Waals surface area contributed by atoms with E-state index in [9.17, 15) is 4.79 Å².